The van der Waals surface area contributed by atoms with Gasteiger partial charge in [-0.1, -0.05) is 18.2 Å². The molecule has 0 saturated carbocycles. The molecule has 0 heterocycles. The summed E-state index contributed by atoms with van der Waals surface area (Å²) >= 11 is 0. The van der Waals surface area contributed by atoms with Crippen LogP contribution < -0.4 is 5.32 Å². The first-order valence-corrected chi connectivity index (χ1v) is 7.59. The Morgan fingerprint density at radius 3 is 2.59 bits per heavy atom. The Bertz CT molecular complexity index is 459. The average Bonchev–Trinajstić information content (AvgIpc) is 2.18. The summed E-state index contributed by atoms with van der Waals surface area (Å²) in [7, 11) is -2.96. The zero-order valence-corrected chi connectivity index (χ0v) is 10.9. The topological polar surface area (TPSA) is 46.2 Å². The van der Waals surface area contributed by atoms with Crippen LogP contribution in [0.2, 0.25) is 0 Å². The molecule has 3 nitrogen and oxygen atoms in total. The van der Waals surface area contributed by atoms with Gasteiger partial charge in [-0.25, -0.2) is 12.8 Å². The fourth-order valence-electron chi connectivity index (χ4n) is 1.67. The summed E-state index contributed by atoms with van der Waals surface area (Å²) in [5, 5.41) is 3.07. The fourth-order valence-corrected chi connectivity index (χ4v) is 2.69. The van der Waals surface area contributed by atoms with Crippen molar-refractivity contribution in [1.82, 2.24) is 5.32 Å². The molecule has 0 radical (unpaired) electrons. The summed E-state index contributed by atoms with van der Waals surface area (Å²) < 4.78 is 35.3. The minimum Gasteiger partial charge on any atom is -0.313 e. The molecule has 1 unspecified atom stereocenters. The molecule has 1 aromatic rings. The van der Waals surface area contributed by atoms with Crippen molar-refractivity contribution in [2.45, 2.75) is 19.4 Å². The molecule has 96 valence electrons. The normalized spacial score (nSPS) is 13.6. The second-order valence-electron chi connectivity index (χ2n) is 4.29. The molecule has 0 bridgehead atoms. The van der Waals surface area contributed by atoms with Crippen LogP contribution in [0.15, 0.2) is 24.3 Å². The van der Waals surface area contributed by atoms with E-state index in [0.29, 0.717) is 18.5 Å². The highest BCUT2D eigenvalue weighted by molar-refractivity contribution is 7.90. The molecular formula is C12H18FNO2S. The Morgan fingerprint density at radius 2 is 2.00 bits per heavy atom. The number of hydrogen-bond donors (Lipinski definition) is 1. The molecule has 0 spiro atoms. The van der Waals surface area contributed by atoms with E-state index in [0.717, 1.165) is 0 Å². The van der Waals surface area contributed by atoms with Gasteiger partial charge in [-0.15, -0.1) is 0 Å². The number of sulfone groups is 1. The van der Waals surface area contributed by atoms with E-state index in [-0.39, 0.29) is 17.6 Å². The monoisotopic (exact) mass is 259 g/mol. The van der Waals surface area contributed by atoms with Gasteiger partial charge in [0, 0.05) is 12.3 Å². The first-order chi connectivity index (χ1) is 7.88. The molecule has 1 rings (SSSR count). The van der Waals surface area contributed by atoms with Crippen molar-refractivity contribution in [2.24, 2.45) is 0 Å². The summed E-state index contributed by atoms with van der Waals surface area (Å²) in [6.07, 6.45) is 1.77. The van der Waals surface area contributed by atoms with Crippen molar-refractivity contribution in [3.63, 3.8) is 0 Å². The fraction of sp³-hybridized carbons (Fsp3) is 0.500. The van der Waals surface area contributed by atoms with Gasteiger partial charge in [0.2, 0.25) is 0 Å². The van der Waals surface area contributed by atoms with E-state index in [1.165, 1.54) is 12.3 Å². The van der Waals surface area contributed by atoms with Gasteiger partial charge < -0.3 is 5.32 Å². The van der Waals surface area contributed by atoms with Gasteiger partial charge in [0.25, 0.3) is 0 Å². The maximum atomic E-state index is 13.3. The van der Waals surface area contributed by atoms with Crippen LogP contribution >= 0.6 is 0 Å². The van der Waals surface area contributed by atoms with Crippen LogP contribution in [0, 0.1) is 5.82 Å². The largest absolute Gasteiger partial charge is 0.313 e. The van der Waals surface area contributed by atoms with Gasteiger partial charge in [-0.05, 0) is 31.5 Å². The highest BCUT2D eigenvalue weighted by atomic mass is 32.2. The maximum absolute atomic E-state index is 13.3. The van der Waals surface area contributed by atoms with Crippen LogP contribution in [0.3, 0.4) is 0 Å². The predicted molar refractivity (Wildman–Crippen MR) is 67.3 cm³/mol. The highest BCUT2D eigenvalue weighted by Crippen LogP contribution is 2.06. The minimum absolute atomic E-state index is 0.101. The molecule has 1 atom stereocenters. The van der Waals surface area contributed by atoms with Crippen molar-refractivity contribution >= 4 is 9.84 Å². The Balaban J connectivity index is 2.36. The lowest BCUT2D eigenvalue weighted by molar-refractivity contribution is 0.553. The van der Waals surface area contributed by atoms with E-state index in [2.05, 4.69) is 5.32 Å². The Kier molecular flexibility index (Phi) is 5.08. The second-order valence-corrected chi connectivity index (χ2v) is 6.47. The lowest BCUT2D eigenvalue weighted by Crippen LogP contribution is -2.34. The molecule has 1 N–H and O–H groups in total. The van der Waals surface area contributed by atoms with E-state index in [4.69, 9.17) is 0 Å². The maximum Gasteiger partial charge on any atom is 0.148 e. The summed E-state index contributed by atoms with van der Waals surface area (Å²) in [4.78, 5) is 0. The van der Waals surface area contributed by atoms with E-state index in [1.54, 1.807) is 18.2 Å². The van der Waals surface area contributed by atoms with Gasteiger partial charge in [0.05, 0.1) is 5.75 Å². The molecule has 0 aliphatic carbocycles. The first-order valence-electron chi connectivity index (χ1n) is 5.53. The van der Waals surface area contributed by atoms with Gasteiger partial charge >= 0.3 is 0 Å². The van der Waals surface area contributed by atoms with Gasteiger partial charge in [0.1, 0.15) is 15.7 Å². The molecule has 1 aromatic carbocycles. The molecule has 0 saturated heterocycles. The van der Waals surface area contributed by atoms with E-state index >= 15 is 0 Å². The summed E-state index contributed by atoms with van der Waals surface area (Å²) in [5.74, 6) is -0.116. The van der Waals surface area contributed by atoms with Crippen molar-refractivity contribution in [3.05, 3.63) is 35.6 Å². The standard InChI is InChI=1S/C12H18FNO2S/c1-10(9-17(2,15)16)14-8-7-11-5-3-4-6-12(11)13/h3-6,10,14H,7-9H2,1-2H3. The van der Waals surface area contributed by atoms with Crippen molar-refractivity contribution in [2.75, 3.05) is 18.6 Å². The molecule has 0 amide bonds. The molecule has 0 aromatic heterocycles. The number of rotatable bonds is 6. The molecule has 0 aliphatic rings. The number of hydrogen-bond acceptors (Lipinski definition) is 3. The molecular weight excluding hydrogens is 241 g/mol. The SMILES string of the molecule is CC(CS(C)(=O)=O)NCCc1ccccc1F. The summed E-state index contributed by atoms with van der Waals surface area (Å²) in [6.45, 7) is 2.38. The lowest BCUT2D eigenvalue weighted by atomic mass is 10.1. The molecule has 0 aliphatic heterocycles. The lowest BCUT2D eigenvalue weighted by Gasteiger charge is -2.12. The van der Waals surface area contributed by atoms with Crippen LogP contribution in [0.5, 0.6) is 0 Å². The smallest absolute Gasteiger partial charge is 0.148 e. The minimum atomic E-state index is -2.96. The van der Waals surface area contributed by atoms with E-state index < -0.39 is 9.84 Å². The highest BCUT2D eigenvalue weighted by Gasteiger charge is 2.09. The van der Waals surface area contributed by atoms with Crippen LogP contribution in [-0.2, 0) is 16.3 Å². The molecule has 5 heteroatoms. The van der Waals surface area contributed by atoms with Crippen molar-refractivity contribution < 1.29 is 12.8 Å². The van der Waals surface area contributed by atoms with Crippen LogP contribution in [0.25, 0.3) is 0 Å². The second kappa shape index (κ2) is 6.12. The summed E-state index contributed by atoms with van der Waals surface area (Å²) in [6, 6.07) is 6.49. The molecule has 17 heavy (non-hydrogen) atoms. The zero-order valence-electron chi connectivity index (χ0n) is 10.1. The predicted octanol–water partition coefficient (Wildman–Crippen LogP) is 1.39. The third kappa shape index (κ3) is 5.79. The number of benzene rings is 1. The van der Waals surface area contributed by atoms with Gasteiger partial charge in [0.15, 0.2) is 0 Å². The average molecular weight is 259 g/mol. The number of halogens is 1. The van der Waals surface area contributed by atoms with Crippen LogP contribution in [0.1, 0.15) is 12.5 Å². The third-order valence-electron chi connectivity index (χ3n) is 2.40. The van der Waals surface area contributed by atoms with Crippen molar-refractivity contribution in [3.8, 4) is 0 Å². The summed E-state index contributed by atoms with van der Waals surface area (Å²) in [5.41, 5.74) is 0.645. The van der Waals surface area contributed by atoms with Gasteiger partial charge in [-0.3, -0.25) is 0 Å². The Labute approximate surface area is 102 Å². The Morgan fingerprint density at radius 1 is 1.35 bits per heavy atom. The van der Waals surface area contributed by atoms with Crippen LogP contribution in [-0.4, -0.2) is 33.0 Å². The quantitative estimate of drug-likeness (QED) is 0.840. The van der Waals surface area contributed by atoms with Crippen molar-refractivity contribution in [1.29, 1.82) is 0 Å². The zero-order chi connectivity index (χ0) is 12.9. The van der Waals surface area contributed by atoms with E-state index in [9.17, 15) is 12.8 Å². The third-order valence-corrected chi connectivity index (χ3v) is 3.50. The Hall–Kier alpha value is -0.940. The van der Waals surface area contributed by atoms with E-state index in [1.807, 2.05) is 6.92 Å². The first kappa shape index (κ1) is 14.1. The molecule has 0 fully saturated rings. The van der Waals surface area contributed by atoms with Gasteiger partial charge in [-0.2, -0.15) is 0 Å². The van der Waals surface area contributed by atoms with Crippen LogP contribution in [0.4, 0.5) is 4.39 Å². The number of nitrogens with one attached hydrogen (secondary N) is 1.